The molecule has 8 heteroatoms. The smallest absolute Gasteiger partial charge is 0.222 e. The van der Waals surface area contributed by atoms with Crippen molar-refractivity contribution >= 4 is 27.3 Å². The molecule has 1 saturated heterocycles. The number of hydrogen-bond donors (Lipinski definition) is 0. The Labute approximate surface area is 168 Å². The van der Waals surface area contributed by atoms with Gasteiger partial charge < -0.3 is 4.90 Å². The van der Waals surface area contributed by atoms with Crippen molar-refractivity contribution in [1.29, 1.82) is 0 Å². The number of carbonyl (C=O) groups is 1. The fourth-order valence-corrected chi connectivity index (χ4v) is 5.32. The predicted octanol–water partition coefficient (Wildman–Crippen LogP) is 4.54. The first-order valence-corrected chi connectivity index (χ1v) is 10.9. The van der Waals surface area contributed by atoms with Gasteiger partial charge in [0.2, 0.25) is 5.91 Å². The summed E-state index contributed by atoms with van der Waals surface area (Å²) in [5.41, 5.74) is -0.274. The second-order valence-corrected chi connectivity index (χ2v) is 9.35. The Kier molecular flexibility index (Phi) is 6.35. The molecule has 150 valence electrons. The molecule has 1 aliphatic rings. The summed E-state index contributed by atoms with van der Waals surface area (Å²) in [5.74, 6) is -1.73. The van der Waals surface area contributed by atoms with Crippen LogP contribution < -0.4 is 0 Å². The van der Waals surface area contributed by atoms with Crippen LogP contribution in [-0.4, -0.2) is 32.3 Å². The SMILES string of the molecule is O=C(CCC(c1cc(F)ccc1F)S(=O)(=O)c1ccc(Cl)cc1)N1CCCC1. The van der Waals surface area contributed by atoms with E-state index in [9.17, 15) is 22.0 Å². The number of carbonyl (C=O) groups excluding carboxylic acids is 1. The molecule has 1 aliphatic heterocycles. The van der Waals surface area contributed by atoms with E-state index in [4.69, 9.17) is 11.6 Å². The van der Waals surface area contributed by atoms with Gasteiger partial charge in [-0.2, -0.15) is 0 Å². The number of amides is 1. The molecule has 0 radical (unpaired) electrons. The molecule has 1 atom stereocenters. The second-order valence-electron chi connectivity index (χ2n) is 6.78. The summed E-state index contributed by atoms with van der Waals surface area (Å²) in [7, 11) is -4.07. The Morgan fingerprint density at radius 1 is 1.07 bits per heavy atom. The molecule has 0 saturated carbocycles. The molecule has 1 amide bonds. The van der Waals surface area contributed by atoms with Gasteiger partial charge in [-0.05, 0) is 61.7 Å². The number of halogens is 3. The van der Waals surface area contributed by atoms with Crippen LogP contribution in [0.2, 0.25) is 5.02 Å². The normalized spacial score (nSPS) is 15.6. The van der Waals surface area contributed by atoms with Gasteiger partial charge in [0.25, 0.3) is 0 Å². The first-order chi connectivity index (χ1) is 13.3. The maximum atomic E-state index is 14.4. The van der Waals surface area contributed by atoms with Crippen molar-refractivity contribution in [3.8, 4) is 0 Å². The molecule has 0 bridgehead atoms. The number of benzene rings is 2. The van der Waals surface area contributed by atoms with Crippen molar-refractivity contribution in [2.24, 2.45) is 0 Å². The minimum absolute atomic E-state index is 0.0563. The van der Waals surface area contributed by atoms with Crippen LogP contribution in [0.15, 0.2) is 47.4 Å². The Bertz CT molecular complexity index is 958. The third-order valence-corrected chi connectivity index (χ3v) is 7.32. The molecule has 1 unspecified atom stereocenters. The fraction of sp³-hybridized carbons (Fsp3) is 0.350. The maximum absolute atomic E-state index is 14.4. The van der Waals surface area contributed by atoms with E-state index in [2.05, 4.69) is 0 Å². The third kappa shape index (κ3) is 4.52. The molecule has 0 aliphatic carbocycles. The van der Waals surface area contributed by atoms with E-state index in [1.807, 2.05) is 0 Å². The fourth-order valence-electron chi connectivity index (χ4n) is 3.41. The van der Waals surface area contributed by atoms with E-state index >= 15 is 0 Å². The molecular weight excluding hydrogens is 408 g/mol. The van der Waals surface area contributed by atoms with Crippen LogP contribution in [0.5, 0.6) is 0 Å². The molecule has 2 aromatic rings. The summed E-state index contributed by atoms with van der Waals surface area (Å²) in [6.07, 6.45) is 1.63. The molecule has 3 rings (SSSR count). The highest BCUT2D eigenvalue weighted by atomic mass is 35.5. The summed E-state index contributed by atoms with van der Waals surface area (Å²) >= 11 is 5.83. The van der Waals surface area contributed by atoms with E-state index < -0.39 is 26.7 Å². The molecule has 28 heavy (non-hydrogen) atoms. The average molecular weight is 428 g/mol. The van der Waals surface area contributed by atoms with Crippen LogP contribution in [0.1, 0.15) is 36.5 Å². The van der Waals surface area contributed by atoms with Crippen molar-refractivity contribution < 1.29 is 22.0 Å². The van der Waals surface area contributed by atoms with Gasteiger partial charge in [0, 0.05) is 30.1 Å². The van der Waals surface area contributed by atoms with Crippen molar-refractivity contribution in [2.45, 2.75) is 35.8 Å². The number of sulfone groups is 1. The maximum Gasteiger partial charge on any atom is 0.222 e. The molecule has 0 aromatic heterocycles. The van der Waals surface area contributed by atoms with E-state index in [-0.39, 0.29) is 29.2 Å². The Morgan fingerprint density at radius 3 is 2.36 bits per heavy atom. The summed E-state index contributed by atoms with van der Waals surface area (Å²) < 4.78 is 54.5. The van der Waals surface area contributed by atoms with E-state index in [0.717, 1.165) is 31.0 Å². The van der Waals surface area contributed by atoms with Crippen molar-refractivity contribution in [3.63, 3.8) is 0 Å². The zero-order valence-corrected chi connectivity index (χ0v) is 16.6. The second kappa shape index (κ2) is 8.57. The average Bonchev–Trinajstić information content (AvgIpc) is 3.19. The quantitative estimate of drug-likeness (QED) is 0.680. The lowest BCUT2D eigenvalue weighted by Crippen LogP contribution is -2.28. The van der Waals surface area contributed by atoms with E-state index in [0.29, 0.717) is 18.1 Å². The molecular formula is C20H20ClF2NO3S. The Hall–Kier alpha value is -1.99. The van der Waals surface area contributed by atoms with Crippen molar-refractivity contribution in [2.75, 3.05) is 13.1 Å². The molecule has 2 aromatic carbocycles. The standard InChI is InChI=1S/C20H20ClF2NO3S/c21-14-3-6-16(7-4-14)28(26,27)19(17-13-15(22)5-8-18(17)23)9-10-20(25)24-11-1-2-12-24/h3-8,13,19H,1-2,9-12H2. The minimum Gasteiger partial charge on any atom is -0.343 e. The van der Waals surface area contributed by atoms with E-state index in [1.165, 1.54) is 24.3 Å². The molecule has 1 heterocycles. The van der Waals surface area contributed by atoms with Crippen LogP contribution in [0.3, 0.4) is 0 Å². The van der Waals surface area contributed by atoms with Gasteiger partial charge in [-0.15, -0.1) is 0 Å². The van der Waals surface area contributed by atoms with Gasteiger partial charge in [-0.3, -0.25) is 4.79 Å². The van der Waals surface area contributed by atoms with Gasteiger partial charge in [0.05, 0.1) is 10.1 Å². The molecule has 0 spiro atoms. The highest BCUT2D eigenvalue weighted by Gasteiger charge is 2.33. The van der Waals surface area contributed by atoms with Crippen LogP contribution in [0, 0.1) is 11.6 Å². The lowest BCUT2D eigenvalue weighted by atomic mass is 10.1. The Morgan fingerprint density at radius 2 is 1.71 bits per heavy atom. The van der Waals surface area contributed by atoms with Gasteiger partial charge in [-0.1, -0.05) is 11.6 Å². The monoisotopic (exact) mass is 427 g/mol. The number of hydrogen-bond acceptors (Lipinski definition) is 3. The lowest BCUT2D eigenvalue weighted by Gasteiger charge is -2.21. The third-order valence-electron chi connectivity index (χ3n) is 4.90. The molecule has 4 nitrogen and oxygen atoms in total. The Balaban J connectivity index is 1.95. The first-order valence-electron chi connectivity index (χ1n) is 9.01. The largest absolute Gasteiger partial charge is 0.343 e. The number of likely N-dealkylation sites (tertiary alicyclic amines) is 1. The van der Waals surface area contributed by atoms with Crippen LogP contribution in [0.25, 0.3) is 0 Å². The van der Waals surface area contributed by atoms with Crippen molar-refractivity contribution in [1.82, 2.24) is 4.90 Å². The van der Waals surface area contributed by atoms with Gasteiger partial charge >= 0.3 is 0 Å². The summed E-state index contributed by atoms with van der Waals surface area (Å²) in [6.45, 7) is 1.28. The molecule has 1 fully saturated rings. The summed E-state index contributed by atoms with van der Waals surface area (Å²) in [5, 5.41) is -1.02. The van der Waals surface area contributed by atoms with Crippen LogP contribution in [0.4, 0.5) is 8.78 Å². The summed E-state index contributed by atoms with van der Waals surface area (Å²) in [4.78, 5) is 14.0. The van der Waals surface area contributed by atoms with Gasteiger partial charge in [0.1, 0.15) is 11.6 Å². The van der Waals surface area contributed by atoms with E-state index in [1.54, 1.807) is 4.90 Å². The minimum atomic E-state index is -4.07. The molecule has 0 N–H and O–H groups in total. The highest BCUT2D eigenvalue weighted by Crippen LogP contribution is 2.35. The van der Waals surface area contributed by atoms with Crippen molar-refractivity contribution in [3.05, 3.63) is 64.7 Å². The first kappa shape index (κ1) is 20.7. The number of nitrogens with zero attached hydrogens (tertiary/aromatic N) is 1. The number of rotatable bonds is 6. The zero-order valence-electron chi connectivity index (χ0n) is 15.1. The van der Waals surface area contributed by atoms with Crippen LogP contribution >= 0.6 is 11.6 Å². The zero-order chi connectivity index (χ0) is 20.3. The predicted molar refractivity (Wildman–Crippen MR) is 103 cm³/mol. The highest BCUT2D eigenvalue weighted by molar-refractivity contribution is 7.91. The van der Waals surface area contributed by atoms with Gasteiger partial charge in [-0.25, -0.2) is 17.2 Å². The van der Waals surface area contributed by atoms with Crippen LogP contribution in [-0.2, 0) is 14.6 Å². The lowest BCUT2D eigenvalue weighted by molar-refractivity contribution is -0.130. The van der Waals surface area contributed by atoms with Gasteiger partial charge in [0.15, 0.2) is 9.84 Å². The topological polar surface area (TPSA) is 54.5 Å². The summed E-state index contributed by atoms with van der Waals surface area (Å²) in [6, 6.07) is 8.20.